The van der Waals surface area contributed by atoms with Crippen LogP contribution >= 0.6 is 0 Å². The highest BCUT2D eigenvalue weighted by atomic mass is 16.5. The van der Waals surface area contributed by atoms with Crippen LogP contribution in [0.3, 0.4) is 0 Å². The van der Waals surface area contributed by atoms with Crippen molar-refractivity contribution in [3.05, 3.63) is 42.0 Å². The molecule has 4 nitrogen and oxygen atoms in total. The van der Waals surface area contributed by atoms with Gasteiger partial charge in [-0.05, 0) is 11.6 Å². The quantitative estimate of drug-likeness (QED) is 0.613. The van der Waals surface area contributed by atoms with Crippen molar-refractivity contribution in [1.82, 2.24) is 0 Å². The van der Waals surface area contributed by atoms with Crippen LogP contribution in [0.15, 0.2) is 36.4 Å². The summed E-state index contributed by atoms with van der Waals surface area (Å²) in [5.41, 5.74) is 0.898. The monoisotopic (exact) mass is 222 g/mol. The van der Waals surface area contributed by atoms with E-state index in [2.05, 4.69) is 4.74 Å². The van der Waals surface area contributed by atoms with Crippen LogP contribution in [-0.4, -0.2) is 24.2 Å². The molecule has 0 aliphatic heterocycles. The summed E-state index contributed by atoms with van der Waals surface area (Å²) in [6.07, 6.45) is 2.68. The van der Waals surface area contributed by atoms with Gasteiger partial charge in [0.1, 0.15) is 0 Å². The molecule has 0 heterocycles. The molecule has 86 valence electrons. The number of aliphatic carboxylic acids is 1. The van der Waals surface area contributed by atoms with E-state index in [0.717, 1.165) is 11.6 Å². The van der Waals surface area contributed by atoms with E-state index < -0.39 is 5.97 Å². The van der Waals surface area contributed by atoms with E-state index in [0.29, 0.717) is 0 Å². The molecule has 0 radical (unpaired) electrons. The van der Waals surface area contributed by atoms with E-state index in [1.54, 1.807) is 6.08 Å². The number of esters is 1. The Morgan fingerprint density at radius 2 is 1.75 bits per heavy atom. The van der Waals surface area contributed by atoms with Gasteiger partial charge in [0, 0.05) is 13.0 Å². The Hall–Kier alpha value is -2.10. The van der Waals surface area contributed by atoms with Crippen LogP contribution in [0.1, 0.15) is 12.5 Å². The van der Waals surface area contributed by atoms with E-state index in [1.165, 1.54) is 14.0 Å². The number of hydrogen-bond donors (Lipinski definition) is 1. The standard InChI is InChI=1S/C9H8O2.C3H6O2/c10-9(11)7-6-8-4-2-1-3-5-8;1-3(4)5-2/h1-7H,(H,10,11);1-2H3. The maximum Gasteiger partial charge on any atom is 0.328 e. The van der Waals surface area contributed by atoms with Crippen molar-refractivity contribution in [2.24, 2.45) is 0 Å². The minimum Gasteiger partial charge on any atom is -0.478 e. The summed E-state index contributed by atoms with van der Waals surface area (Å²) in [4.78, 5) is 19.7. The summed E-state index contributed by atoms with van der Waals surface area (Å²) in [5.74, 6) is -1.17. The molecule has 0 fully saturated rings. The molecule has 0 aliphatic rings. The van der Waals surface area contributed by atoms with Crippen molar-refractivity contribution in [2.75, 3.05) is 7.11 Å². The summed E-state index contributed by atoms with van der Waals surface area (Å²) in [7, 11) is 1.35. The number of rotatable bonds is 2. The zero-order chi connectivity index (χ0) is 12.4. The topological polar surface area (TPSA) is 63.6 Å². The Bertz CT molecular complexity index is 355. The fourth-order valence-corrected chi connectivity index (χ4v) is 0.732. The van der Waals surface area contributed by atoms with E-state index in [4.69, 9.17) is 5.11 Å². The van der Waals surface area contributed by atoms with Gasteiger partial charge in [0.05, 0.1) is 7.11 Å². The predicted molar refractivity (Wildman–Crippen MR) is 60.8 cm³/mol. The Kier molecular flexibility index (Phi) is 7.15. The van der Waals surface area contributed by atoms with Crippen molar-refractivity contribution in [2.45, 2.75) is 6.92 Å². The van der Waals surface area contributed by atoms with E-state index >= 15 is 0 Å². The lowest BCUT2D eigenvalue weighted by molar-refractivity contribution is -0.138. The molecule has 4 heteroatoms. The first-order valence-electron chi connectivity index (χ1n) is 4.57. The van der Waals surface area contributed by atoms with E-state index in [9.17, 15) is 9.59 Å². The van der Waals surface area contributed by atoms with Gasteiger partial charge in [-0.25, -0.2) is 4.79 Å². The normalized spacial score (nSPS) is 9.12. The van der Waals surface area contributed by atoms with Crippen LogP contribution in [0.5, 0.6) is 0 Å². The number of carbonyl (C=O) groups excluding carboxylic acids is 1. The zero-order valence-electron chi connectivity index (χ0n) is 9.21. The molecule has 1 aromatic carbocycles. The van der Waals surface area contributed by atoms with E-state index in [1.807, 2.05) is 30.3 Å². The number of ether oxygens (including phenoxy) is 1. The minimum atomic E-state index is -0.922. The molecule has 0 bridgehead atoms. The van der Waals surface area contributed by atoms with Gasteiger partial charge in [-0.2, -0.15) is 0 Å². The molecule has 0 atom stereocenters. The van der Waals surface area contributed by atoms with Crippen LogP contribution in [0.2, 0.25) is 0 Å². The second kappa shape index (κ2) is 8.23. The molecule has 1 rings (SSSR count). The van der Waals surface area contributed by atoms with Crippen molar-refractivity contribution in [1.29, 1.82) is 0 Å². The first kappa shape index (κ1) is 13.9. The fraction of sp³-hybridized carbons (Fsp3) is 0.167. The van der Waals surface area contributed by atoms with Gasteiger partial charge in [0.25, 0.3) is 0 Å². The van der Waals surface area contributed by atoms with E-state index in [-0.39, 0.29) is 5.97 Å². The van der Waals surface area contributed by atoms with Crippen LogP contribution in [-0.2, 0) is 14.3 Å². The highest BCUT2D eigenvalue weighted by Gasteiger charge is 1.85. The zero-order valence-corrected chi connectivity index (χ0v) is 9.21. The van der Waals surface area contributed by atoms with Gasteiger partial charge in [0.2, 0.25) is 0 Å². The molecule has 0 aromatic heterocycles. The second-order valence-electron chi connectivity index (χ2n) is 2.78. The molecule has 1 N–H and O–H groups in total. The number of carbonyl (C=O) groups is 2. The lowest BCUT2D eigenvalue weighted by Gasteiger charge is -1.87. The third kappa shape index (κ3) is 8.50. The number of carboxylic acid groups (broad SMARTS) is 1. The maximum absolute atomic E-state index is 10.1. The molecular weight excluding hydrogens is 208 g/mol. The van der Waals surface area contributed by atoms with Gasteiger partial charge in [-0.1, -0.05) is 30.3 Å². The third-order valence-corrected chi connectivity index (χ3v) is 1.51. The van der Waals surface area contributed by atoms with Crippen molar-refractivity contribution in [3.8, 4) is 0 Å². The lowest BCUT2D eigenvalue weighted by atomic mass is 10.2. The average molecular weight is 222 g/mol. The number of methoxy groups -OCH3 is 1. The van der Waals surface area contributed by atoms with Crippen molar-refractivity contribution < 1.29 is 19.4 Å². The summed E-state index contributed by atoms with van der Waals surface area (Å²) < 4.78 is 4.11. The Balaban J connectivity index is 0.000000385. The van der Waals surface area contributed by atoms with Gasteiger partial charge in [0.15, 0.2) is 0 Å². The maximum atomic E-state index is 10.1. The molecule has 0 unspecified atom stereocenters. The fourth-order valence-electron chi connectivity index (χ4n) is 0.732. The van der Waals surface area contributed by atoms with Crippen LogP contribution in [0.4, 0.5) is 0 Å². The van der Waals surface area contributed by atoms with Crippen LogP contribution in [0, 0.1) is 0 Å². The first-order chi connectivity index (χ1) is 7.56. The molecule has 0 saturated carbocycles. The molecular formula is C12H14O4. The molecule has 0 aliphatic carbocycles. The Morgan fingerprint density at radius 3 is 2.12 bits per heavy atom. The van der Waals surface area contributed by atoms with Gasteiger partial charge < -0.3 is 9.84 Å². The summed E-state index contributed by atoms with van der Waals surface area (Å²) >= 11 is 0. The molecule has 1 aromatic rings. The molecule has 0 amide bonds. The average Bonchev–Trinajstić information content (AvgIpc) is 2.28. The highest BCUT2D eigenvalue weighted by molar-refractivity contribution is 5.85. The van der Waals surface area contributed by atoms with Crippen LogP contribution < -0.4 is 0 Å². The second-order valence-corrected chi connectivity index (χ2v) is 2.78. The highest BCUT2D eigenvalue weighted by Crippen LogP contribution is 1.99. The third-order valence-electron chi connectivity index (χ3n) is 1.51. The number of hydrogen-bond acceptors (Lipinski definition) is 3. The molecule has 0 spiro atoms. The van der Waals surface area contributed by atoms with Crippen molar-refractivity contribution in [3.63, 3.8) is 0 Å². The summed E-state index contributed by atoms with van der Waals surface area (Å²) in [6.45, 7) is 1.36. The molecule has 16 heavy (non-hydrogen) atoms. The number of benzene rings is 1. The predicted octanol–water partition coefficient (Wildman–Crippen LogP) is 1.96. The van der Waals surface area contributed by atoms with Crippen LogP contribution in [0.25, 0.3) is 6.08 Å². The largest absolute Gasteiger partial charge is 0.478 e. The Morgan fingerprint density at radius 1 is 1.25 bits per heavy atom. The SMILES string of the molecule is COC(C)=O.O=C(O)C=Cc1ccccc1. The lowest BCUT2D eigenvalue weighted by Crippen LogP contribution is -1.88. The smallest absolute Gasteiger partial charge is 0.328 e. The van der Waals surface area contributed by atoms with Gasteiger partial charge in [-0.15, -0.1) is 0 Å². The number of carboxylic acids is 1. The first-order valence-corrected chi connectivity index (χ1v) is 4.57. The van der Waals surface area contributed by atoms with Gasteiger partial charge in [-0.3, -0.25) is 4.79 Å². The minimum absolute atomic E-state index is 0.245. The van der Waals surface area contributed by atoms with Gasteiger partial charge >= 0.3 is 11.9 Å². The summed E-state index contributed by atoms with van der Waals surface area (Å²) in [5, 5.41) is 8.29. The Labute approximate surface area is 94.2 Å². The van der Waals surface area contributed by atoms with Crippen molar-refractivity contribution >= 4 is 18.0 Å². The summed E-state index contributed by atoms with van der Waals surface area (Å²) in [6, 6.07) is 9.31. The molecule has 0 saturated heterocycles.